The summed E-state index contributed by atoms with van der Waals surface area (Å²) in [7, 11) is 1.53. The number of para-hydroxylation sites is 2. The molecule has 0 aromatic heterocycles. The van der Waals surface area contributed by atoms with Gasteiger partial charge in [0.2, 0.25) is 0 Å². The summed E-state index contributed by atoms with van der Waals surface area (Å²) in [6.45, 7) is 1.57. The maximum Gasteiger partial charge on any atom is 0.303 e. The van der Waals surface area contributed by atoms with Crippen molar-refractivity contribution < 1.29 is 17.0 Å². The Labute approximate surface area is 102 Å². The van der Waals surface area contributed by atoms with Crippen LogP contribution >= 0.6 is 0 Å². The number of rotatable bonds is 2. The molecule has 0 aliphatic carbocycles. The Bertz CT molecular complexity index is 550. The predicted octanol–water partition coefficient (Wildman–Crippen LogP) is 0.802. The zero-order chi connectivity index (χ0) is 13.5. The monoisotopic (exact) mass is 238 g/mol. The standard InChI is InChI=1S/C12H14N2O3/c1-15-12(11-13-6-7-14-11)8-16-9-4-2-3-5-10(9)17-12/h2-5H,6-8H2,1H3,(H,13,14)/i2T,3T. The Kier molecular flexibility index (Phi) is 1.93. The molecular formula is C12H14N2O3. The van der Waals surface area contributed by atoms with Gasteiger partial charge in [0.15, 0.2) is 23.9 Å². The van der Waals surface area contributed by atoms with E-state index in [1.165, 1.54) is 19.2 Å². The highest BCUT2D eigenvalue weighted by Crippen LogP contribution is 2.35. The molecule has 5 heteroatoms. The van der Waals surface area contributed by atoms with Crippen molar-refractivity contribution in [2.75, 3.05) is 26.8 Å². The first-order valence-electron chi connectivity index (χ1n) is 6.42. The summed E-state index contributed by atoms with van der Waals surface area (Å²) in [5, 5.41) is 3.11. The first-order chi connectivity index (χ1) is 9.14. The van der Waals surface area contributed by atoms with Crippen LogP contribution in [0.5, 0.6) is 11.5 Å². The van der Waals surface area contributed by atoms with E-state index in [0.29, 0.717) is 23.9 Å². The van der Waals surface area contributed by atoms with Gasteiger partial charge in [0.1, 0.15) is 0 Å². The topological polar surface area (TPSA) is 52.1 Å². The Morgan fingerprint density at radius 2 is 2.29 bits per heavy atom. The van der Waals surface area contributed by atoms with Crippen molar-refractivity contribution >= 4 is 5.84 Å². The summed E-state index contributed by atoms with van der Waals surface area (Å²) in [6.07, 6.45) is 0. The van der Waals surface area contributed by atoms with Gasteiger partial charge in [-0.15, -0.1) is 0 Å². The van der Waals surface area contributed by atoms with Gasteiger partial charge in [0.25, 0.3) is 0 Å². The number of benzene rings is 1. The van der Waals surface area contributed by atoms with Crippen LogP contribution in [0.4, 0.5) is 0 Å². The van der Waals surface area contributed by atoms with E-state index >= 15 is 0 Å². The van der Waals surface area contributed by atoms with Crippen molar-refractivity contribution in [3.05, 3.63) is 24.2 Å². The van der Waals surface area contributed by atoms with E-state index in [9.17, 15) is 0 Å². The van der Waals surface area contributed by atoms with Crippen LogP contribution in [0.25, 0.3) is 0 Å². The third kappa shape index (κ3) is 1.63. The lowest BCUT2D eigenvalue weighted by Crippen LogP contribution is -2.56. The molecule has 0 fully saturated rings. The van der Waals surface area contributed by atoms with Crippen molar-refractivity contribution in [1.29, 1.82) is 0 Å². The van der Waals surface area contributed by atoms with Crippen LogP contribution < -0.4 is 14.8 Å². The summed E-state index contributed by atoms with van der Waals surface area (Å²) in [6, 6.07) is 3.11. The second kappa shape index (κ2) is 3.92. The number of hydrogen-bond donors (Lipinski definition) is 1. The van der Waals surface area contributed by atoms with Crippen molar-refractivity contribution in [3.8, 4) is 11.5 Å². The van der Waals surface area contributed by atoms with Gasteiger partial charge in [-0.2, -0.15) is 0 Å². The normalized spacial score (nSPS) is 27.9. The zero-order valence-electron chi connectivity index (χ0n) is 11.4. The number of amidine groups is 1. The molecular weight excluding hydrogens is 220 g/mol. The highest BCUT2D eigenvalue weighted by molar-refractivity contribution is 5.91. The van der Waals surface area contributed by atoms with Crippen molar-refractivity contribution in [2.24, 2.45) is 4.99 Å². The molecule has 0 amide bonds. The summed E-state index contributed by atoms with van der Waals surface area (Å²) < 4.78 is 32.1. The maximum atomic E-state index is 7.65. The van der Waals surface area contributed by atoms with E-state index in [4.69, 9.17) is 17.0 Å². The minimum atomic E-state index is -1.10. The number of aliphatic imine (C=N–C) groups is 1. The molecule has 0 saturated heterocycles. The second-order valence-electron chi connectivity index (χ2n) is 3.81. The Morgan fingerprint density at radius 3 is 3.00 bits per heavy atom. The van der Waals surface area contributed by atoms with Gasteiger partial charge in [0.05, 0.1) is 9.29 Å². The summed E-state index contributed by atoms with van der Waals surface area (Å²) in [5.41, 5.74) is 0. The molecule has 1 aromatic carbocycles. The average molecular weight is 238 g/mol. The van der Waals surface area contributed by atoms with Crippen LogP contribution in [0.15, 0.2) is 29.2 Å². The van der Waals surface area contributed by atoms with E-state index in [1.54, 1.807) is 0 Å². The fourth-order valence-electron chi connectivity index (χ4n) is 1.90. The van der Waals surface area contributed by atoms with E-state index in [2.05, 4.69) is 10.3 Å². The molecule has 1 unspecified atom stereocenters. The van der Waals surface area contributed by atoms with Gasteiger partial charge < -0.3 is 19.5 Å². The fourth-order valence-corrected chi connectivity index (χ4v) is 1.90. The minimum absolute atomic E-state index is 0.0792. The molecule has 0 bridgehead atoms. The zero-order valence-corrected chi connectivity index (χ0v) is 9.45. The number of nitrogens with zero attached hydrogens (tertiary/aromatic N) is 1. The summed E-state index contributed by atoms with van der Waals surface area (Å²) >= 11 is 0. The van der Waals surface area contributed by atoms with Crippen LogP contribution in [-0.4, -0.2) is 38.4 Å². The molecule has 2 heterocycles. The molecule has 2 aliphatic heterocycles. The third-order valence-electron chi connectivity index (χ3n) is 2.79. The average Bonchev–Trinajstić information content (AvgIpc) is 2.94. The van der Waals surface area contributed by atoms with Gasteiger partial charge >= 0.3 is 5.79 Å². The molecule has 2 aliphatic rings. The Balaban J connectivity index is 1.97. The Morgan fingerprint density at radius 1 is 1.47 bits per heavy atom. The van der Waals surface area contributed by atoms with E-state index in [1.807, 2.05) is 0 Å². The Hall–Kier alpha value is -1.75. The molecule has 90 valence electrons. The molecule has 5 nitrogen and oxygen atoms in total. The molecule has 0 radical (unpaired) electrons. The van der Waals surface area contributed by atoms with Gasteiger partial charge in [-0.25, -0.2) is 0 Å². The molecule has 1 N–H and O–H groups in total. The van der Waals surface area contributed by atoms with Crippen LogP contribution in [-0.2, 0) is 4.74 Å². The maximum absolute atomic E-state index is 7.65. The number of nitrogens with one attached hydrogen (secondary N) is 1. The molecule has 0 saturated carbocycles. The van der Waals surface area contributed by atoms with Gasteiger partial charge in [-0.05, 0) is 12.1 Å². The molecule has 1 aromatic rings. The van der Waals surface area contributed by atoms with E-state index in [0.717, 1.165) is 6.54 Å². The summed E-state index contributed by atoms with van der Waals surface area (Å²) in [4.78, 5) is 4.31. The number of fused-ring (bicyclic) bond motifs is 1. The molecule has 17 heavy (non-hydrogen) atoms. The smallest absolute Gasteiger partial charge is 0.303 e. The lowest BCUT2D eigenvalue weighted by molar-refractivity contribution is -0.145. The lowest BCUT2D eigenvalue weighted by Gasteiger charge is -2.36. The minimum Gasteiger partial charge on any atom is -0.482 e. The van der Waals surface area contributed by atoms with Crippen LogP contribution in [0.3, 0.4) is 0 Å². The molecule has 0 spiro atoms. The number of methoxy groups -OCH3 is 1. The van der Waals surface area contributed by atoms with Crippen molar-refractivity contribution in [1.82, 2.24) is 5.32 Å². The first kappa shape index (κ1) is 8.36. The molecule has 3 rings (SSSR count). The number of hydrogen-bond acceptors (Lipinski definition) is 5. The van der Waals surface area contributed by atoms with Crippen LogP contribution in [0, 0.1) is 0 Å². The van der Waals surface area contributed by atoms with Crippen LogP contribution in [0.1, 0.15) is 2.74 Å². The third-order valence-corrected chi connectivity index (χ3v) is 2.79. The summed E-state index contributed by atoms with van der Waals surface area (Å²) in [5.74, 6) is 0.347. The molecule has 1 atom stereocenters. The lowest BCUT2D eigenvalue weighted by atomic mass is 10.2. The largest absolute Gasteiger partial charge is 0.482 e. The van der Waals surface area contributed by atoms with E-state index < -0.39 is 5.79 Å². The second-order valence-corrected chi connectivity index (χ2v) is 3.81. The van der Waals surface area contributed by atoms with Gasteiger partial charge in [-0.3, -0.25) is 4.99 Å². The van der Waals surface area contributed by atoms with Crippen molar-refractivity contribution in [2.45, 2.75) is 5.79 Å². The van der Waals surface area contributed by atoms with Crippen molar-refractivity contribution in [3.63, 3.8) is 0 Å². The van der Waals surface area contributed by atoms with E-state index in [-0.39, 0.29) is 18.7 Å². The predicted molar refractivity (Wildman–Crippen MR) is 62.6 cm³/mol. The van der Waals surface area contributed by atoms with Gasteiger partial charge in [-0.1, -0.05) is 12.1 Å². The van der Waals surface area contributed by atoms with Crippen LogP contribution in [0.2, 0.25) is 0 Å². The first-order valence-corrected chi connectivity index (χ1v) is 5.42. The highest BCUT2D eigenvalue weighted by Gasteiger charge is 2.44. The SMILES string of the molecule is [3H]c1cc2c(cc1[3H])OC(OC)(C1=NCCN1)CO2. The quantitative estimate of drug-likeness (QED) is 0.828. The highest BCUT2D eigenvalue weighted by atomic mass is 16.7. The number of ether oxygens (including phenoxy) is 3. The fraction of sp³-hybridized carbons (Fsp3) is 0.417. The van der Waals surface area contributed by atoms with Gasteiger partial charge in [0, 0.05) is 13.7 Å².